The zero-order valence-corrected chi connectivity index (χ0v) is 19.5. The van der Waals surface area contributed by atoms with Gasteiger partial charge in [-0.15, -0.1) is 0 Å². The van der Waals surface area contributed by atoms with E-state index in [1.807, 2.05) is 56.3 Å². The second-order valence-corrected chi connectivity index (χ2v) is 8.33. The number of anilines is 5. The number of aromatic nitrogens is 2. The van der Waals surface area contributed by atoms with E-state index in [4.69, 9.17) is 23.2 Å². The highest BCUT2D eigenvalue weighted by molar-refractivity contribution is 6.37. The van der Waals surface area contributed by atoms with Crippen molar-refractivity contribution in [3.8, 4) is 0 Å². The minimum absolute atomic E-state index is 0.299. The Hall–Kier alpha value is -3.61. The molecule has 8 heteroatoms. The summed E-state index contributed by atoms with van der Waals surface area (Å²) < 4.78 is 0. The molecule has 0 saturated heterocycles. The Kier molecular flexibility index (Phi) is 6.77. The molecule has 0 atom stereocenters. The SMILES string of the molecule is Cc1ccc(Nc2nc(C)cc(Nc3ccc(NC(=O)c4ccc(Cl)cc4Cl)cc3)n2)cc1. The molecule has 1 aromatic heterocycles. The smallest absolute Gasteiger partial charge is 0.257 e. The van der Waals surface area contributed by atoms with Crippen LogP contribution >= 0.6 is 23.2 Å². The molecule has 0 fully saturated rings. The van der Waals surface area contributed by atoms with E-state index in [-0.39, 0.29) is 5.91 Å². The van der Waals surface area contributed by atoms with Gasteiger partial charge in [0.05, 0.1) is 10.6 Å². The van der Waals surface area contributed by atoms with Crippen molar-refractivity contribution in [1.82, 2.24) is 9.97 Å². The molecule has 0 spiro atoms. The van der Waals surface area contributed by atoms with E-state index in [1.165, 1.54) is 11.6 Å². The summed E-state index contributed by atoms with van der Waals surface area (Å²) in [5.41, 5.74) is 4.73. The van der Waals surface area contributed by atoms with Gasteiger partial charge in [0.25, 0.3) is 5.91 Å². The molecule has 0 aliphatic rings. The first kappa shape index (κ1) is 22.6. The van der Waals surface area contributed by atoms with E-state index >= 15 is 0 Å². The van der Waals surface area contributed by atoms with Crippen molar-refractivity contribution in [3.63, 3.8) is 0 Å². The fourth-order valence-electron chi connectivity index (χ4n) is 3.11. The van der Waals surface area contributed by atoms with Crippen molar-refractivity contribution >= 4 is 57.9 Å². The number of carbonyl (C=O) groups excluding carboxylic acids is 1. The summed E-state index contributed by atoms with van der Waals surface area (Å²) in [6.45, 7) is 3.95. The van der Waals surface area contributed by atoms with Gasteiger partial charge in [0.1, 0.15) is 5.82 Å². The Morgan fingerprint density at radius 2 is 1.39 bits per heavy atom. The maximum absolute atomic E-state index is 12.5. The summed E-state index contributed by atoms with van der Waals surface area (Å²) in [5.74, 6) is 0.850. The standard InChI is InChI=1S/C25H21Cl2N5O/c1-15-3-6-20(7-4-15)31-25-28-16(2)13-23(32-25)29-18-8-10-19(11-9-18)30-24(33)21-12-5-17(26)14-22(21)27/h3-14H,1-2H3,(H,30,33)(H2,28,29,31,32). The number of hydrogen-bond donors (Lipinski definition) is 3. The second-order valence-electron chi connectivity index (χ2n) is 7.49. The summed E-state index contributed by atoms with van der Waals surface area (Å²) >= 11 is 12.0. The topological polar surface area (TPSA) is 78.9 Å². The number of hydrogen-bond acceptors (Lipinski definition) is 5. The molecule has 0 bridgehead atoms. The molecule has 3 aromatic carbocycles. The normalized spacial score (nSPS) is 10.5. The number of benzene rings is 3. The lowest BCUT2D eigenvalue weighted by Crippen LogP contribution is -2.12. The number of halogens is 2. The van der Waals surface area contributed by atoms with Crippen LogP contribution in [-0.2, 0) is 0 Å². The van der Waals surface area contributed by atoms with E-state index in [0.717, 1.165) is 17.1 Å². The summed E-state index contributed by atoms with van der Waals surface area (Å²) in [5, 5.41) is 10.1. The van der Waals surface area contributed by atoms with Crippen LogP contribution < -0.4 is 16.0 Å². The van der Waals surface area contributed by atoms with Crippen LogP contribution in [-0.4, -0.2) is 15.9 Å². The zero-order valence-electron chi connectivity index (χ0n) is 18.0. The number of rotatable bonds is 6. The highest BCUT2D eigenvalue weighted by Gasteiger charge is 2.11. The van der Waals surface area contributed by atoms with Gasteiger partial charge in [0.15, 0.2) is 0 Å². The van der Waals surface area contributed by atoms with Crippen LogP contribution in [0.3, 0.4) is 0 Å². The molecule has 4 aromatic rings. The molecule has 166 valence electrons. The minimum atomic E-state index is -0.310. The lowest BCUT2D eigenvalue weighted by Gasteiger charge is -2.11. The van der Waals surface area contributed by atoms with Gasteiger partial charge in [0.2, 0.25) is 5.95 Å². The van der Waals surface area contributed by atoms with Gasteiger partial charge in [-0.3, -0.25) is 4.79 Å². The van der Waals surface area contributed by atoms with Crippen molar-refractivity contribution < 1.29 is 4.79 Å². The van der Waals surface area contributed by atoms with Gasteiger partial charge in [-0.05, 0) is 68.4 Å². The van der Waals surface area contributed by atoms with E-state index in [1.54, 1.807) is 24.3 Å². The van der Waals surface area contributed by atoms with Crippen molar-refractivity contribution in [2.75, 3.05) is 16.0 Å². The maximum atomic E-state index is 12.5. The monoisotopic (exact) mass is 477 g/mol. The van der Waals surface area contributed by atoms with Crippen LogP contribution in [0.2, 0.25) is 10.0 Å². The Morgan fingerprint density at radius 1 is 0.758 bits per heavy atom. The van der Waals surface area contributed by atoms with Gasteiger partial charge >= 0.3 is 0 Å². The van der Waals surface area contributed by atoms with Crippen LogP contribution in [0.4, 0.5) is 28.8 Å². The van der Waals surface area contributed by atoms with Gasteiger partial charge in [-0.25, -0.2) is 4.98 Å². The van der Waals surface area contributed by atoms with Gasteiger partial charge in [0, 0.05) is 33.8 Å². The number of carbonyl (C=O) groups is 1. The van der Waals surface area contributed by atoms with Crippen LogP contribution in [0.25, 0.3) is 0 Å². The van der Waals surface area contributed by atoms with Crippen LogP contribution in [0.1, 0.15) is 21.6 Å². The zero-order chi connectivity index (χ0) is 23.4. The average Bonchev–Trinajstić information content (AvgIpc) is 2.76. The summed E-state index contributed by atoms with van der Waals surface area (Å²) in [7, 11) is 0. The highest BCUT2D eigenvalue weighted by Crippen LogP contribution is 2.24. The largest absolute Gasteiger partial charge is 0.340 e. The lowest BCUT2D eigenvalue weighted by molar-refractivity contribution is 0.102. The fraction of sp³-hybridized carbons (Fsp3) is 0.0800. The number of amides is 1. The predicted octanol–water partition coefficient (Wildman–Crippen LogP) is 7.14. The van der Waals surface area contributed by atoms with Crippen LogP contribution in [0, 0.1) is 13.8 Å². The van der Waals surface area contributed by atoms with E-state index in [9.17, 15) is 4.79 Å². The molecule has 1 heterocycles. The molecule has 4 rings (SSSR count). The third kappa shape index (κ3) is 6.00. The molecule has 0 aliphatic heterocycles. The fourth-order valence-corrected chi connectivity index (χ4v) is 3.61. The van der Waals surface area contributed by atoms with E-state index < -0.39 is 0 Å². The molecule has 0 unspecified atom stereocenters. The first-order valence-corrected chi connectivity index (χ1v) is 10.9. The Bertz CT molecular complexity index is 1290. The molecule has 3 N–H and O–H groups in total. The quantitative estimate of drug-likeness (QED) is 0.275. The number of aryl methyl sites for hydroxylation is 2. The summed E-state index contributed by atoms with van der Waals surface area (Å²) in [4.78, 5) is 21.5. The molecule has 1 amide bonds. The van der Waals surface area contributed by atoms with Crippen molar-refractivity contribution in [2.24, 2.45) is 0 Å². The number of nitrogens with one attached hydrogen (secondary N) is 3. The molecule has 0 radical (unpaired) electrons. The minimum Gasteiger partial charge on any atom is -0.340 e. The lowest BCUT2D eigenvalue weighted by atomic mass is 10.2. The Labute approximate surface area is 202 Å². The molecule has 0 aliphatic carbocycles. The molecule has 33 heavy (non-hydrogen) atoms. The van der Waals surface area contributed by atoms with Crippen LogP contribution in [0.5, 0.6) is 0 Å². The van der Waals surface area contributed by atoms with Gasteiger partial charge < -0.3 is 16.0 Å². The maximum Gasteiger partial charge on any atom is 0.257 e. The third-order valence-corrected chi connectivity index (χ3v) is 5.30. The second kappa shape index (κ2) is 9.90. The van der Waals surface area contributed by atoms with E-state index in [2.05, 4.69) is 25.9 Å². The molecule has 6 nitrogen and oxygen atoms in total. The Morgan fingerprint density at radius 3 is 2.09 bits per heavy atom. The Balaban J connectivity index is 1.43. The molecular weight excluding hydrogens is 457 g/mol. The number of nitrogens with zero attached hydrogens (tertiary/aromatic N) is 2. The summed E-state index contributed by atoms with van der Waals surface area (Å²) in [6.07, 6.45) is 0. The first-order valence-electron chi connectivity index (χ1n) is 10.2. The third-order valence-electron chi connectivity index (χ3n) is 4.75. The van der Waals surface area contributed by atoms with Crippen molar-refractivity contribution in [1.29, 1.82) is 0 Å². The van der Waals surface area contributed by atoms with Crippen molar-refractivity contribution in [3.05, 3.63) is 99.7 Å². The first-order chi connectivity index (χ1) is 15.9. The highest BCUT2D eigenvalue weighted by atomic mass is 35.5. The molecular formula is C25H21Cl2N5O. The summed E-state index contributed by atoms with van der Waals surface area (Å²) in [6, 6.07) is 21.9. The van der Waals surface area contributed by atoms with Gasteiger partial charge in [-0.1, -0.05) is 40.9 Å². The average molecular weight is 478 g/mol. The van der Waals surface area contributed by atoms with Crippen molar-refractivity contribution in [2.45, 2.75) is 13.8 Å². The van der Waals surface area contributed by atoms with Crippen LogP contribution in [0.15, 0.2) is 72.8 Å². The van der Waals surface area contributed by atoms with E-state index in [0.29, 0.717) is 33.1 Å². The molecule has 0 saturated carbocycles. The van der Waals surface area contributed by atoms with Gasteiger partial charge in [-0.2, -0.15) is 4.98 Å². The predicted molar refractivity (Wildman–Crippen MR) is 135 cm³/mol.